The van der Waals surface area contributed by atoms with Crippen LogP contribution in [-0.2, 0) is 0 Å². The van der Waals surface area contributed by atoms with Crippen molar-refractivity contribution >= 4 is 43.9 Å². The minimum Gasteiger partial charge on any atom is -0.456 e. The molecule has 0 saturated carbocycles. The van der Waals surface area contributed by atoms with Gasteiger partial charge >= 0.3 is 0 Å². The molecule has 206 valence electrons. The Hall–Kier alpha value is -6.07. The summed E-state index contributed by atoms with van der Waals surface area (Å²) in [6.45, 7) is 0. The molecule has 0 fully saturated rings. The summed E-state index contributed by atoms with van der Waals surface area (Å²) in [6.07, 6.45) is 0. The van der Waals surface area contributed by atoms with Crippen molar-refractivity contribution in [2.75, 3.05) is 0 Å². The van der Waals surface area contributed by atoms with Crippen molar-refractivity contribution in [2.24, 2.45) is 0 Å². The number of benzene rings is 6. The van der Waals surface area contributed by atoms with Crippen LogP contribution in [0, 0.1) is 0 Å². The fraction of sp³-hybridized carbons (Fsp3) is 0. The molecule has 0 amide bonds. The van der Waals surface area contributed by atoms with Gasteiger partial charge in [0.1, 0.15) is 22.3 Å². The fourth-order valence-corrected chi connectivity index (χ4v) is 6.03. The van der Waals surface area contributed by atoms with Gasteiger partial charge in [-0.05, 0) is 47.5 Å². The summed E-state index contributed by atoms with van der Waals surface area (Å²) in [7, 11) is 0. The predicted octanol–water partition coefficient (Wildman–Crippen LogP) is 10.3. The molecule has 9 rings (SSSR count). The molecular formula is C39H23N3O2. The molecule has 44 heavy (non-hydrogen) atoms. The molecular weight excluding hydrogens is 542 g/mol. The van der Waals surface area contributed by atoms with Crippen LogP contribution in [0.3, 0.4) is 0 Å². The lowest BCUT2D eigenvalue weighted by atomic mass is 9.97. The zero-order valence-corrected chi connectivity index (χ0v) is 23.4. The molecule has 0 atom stereocenters. The maximum atomic E-state index is 6.45. The van der Waals surface area contributed by atoms with Crippen LogP contribution in [0.4, 0.5) is 0 Å². The number of hydrogen-bond acceptors (Lipinski definition) is 5. The van der Waals surface area contributed by atoms with E-state index in [2.05, 4.69) is 42.5 Å². The number of fused-ring (bicyclic) bond motifs is 6. The summed E-state index contributed by atoms with van der Waals surface area (Å²) in [5.74, 6) is 1.81. The van der Waals surface area contributed by atoms with Crippen LogP contribution < -0.4 is 0 Å². The predicted molar refractivity (Wildman–Crippen MR) is 176 cm³/mol. The third-order valence-corrected chi connectivity index (χ3v) is 8.13. The number of rotatable bonds is 4. The summed E-state index contributed by atoms with van der Waals surface area (Å²) < 4.78 is 12.7. The minimum atomic E-state index is 0.584. The van der Waals surface area contributed by atoms with Crippen molar-refractivity contribution in [3.8, 4) is 45.3 Å². The van der Waals surface area contributed by atoms with Crippen molar-refractivity contribution in [1.29, 1.82) is 0 Å². The van der Waals surface area contributed by atoms with E-state index in [-0.39, 0.29) is 0 Å². The molecule has 0 unspecified atom stereocenters. The summed E-state index contributed by atoms with van der Waals surface area (Å²) in [5.41, 5.74) is 8.02. The molecule has 0 saturated heterocycles. The van der Waals surface area contributed by atoms with Crippen LogP contribution >= 0.6 is 0 Å². The first-order valence-corrected chi connectivity index (χ1v) is 14.5. The van der Waals surface area contributed by atoms with Crippen molar-refractivity contribution in [3.63, 3.8) is 0 Å². The zero-order valence-electron chi connectivity index (χ0n) is 23.4. The highest BCUT2D eigenvalue weighted by Crippen LogP contribution is 2.41. The van der Waals surface area contributed by atoms with Gasteiger partial charge in [0.15, 0.2) is 17.5 Å². The second-order valence-corrected chi connectivity index (χ2v) is 10.8. The number of hydrogen-bond donors (Lipinski definition) is 0. The van der Waals surface area contributed by atoms with Gasteiger partial charge in [0.05, 0.1) is 0 Å². The molecule has 0 aliphatic carbocycles. The average molecular weight is 566 g/mol. The van der Waals surface area contributed by atoms with E-state index in [0.717, 1.165) is 71.7 Å². The Kier molecular flexibility index (Phi) is 5.43. The Morgan fingerprint density at radius 2 is 0.864 bits per heavy atom. The lowest BCUT2D eigenvalue weighted by Crippen LogP contribution is -2.00. The van der Waals surface area contributed by atoms with E-state index >= 15 is 0 Å². The molecule has 5 heteroatoms. The largest absolute Gasteiger partial charge is 0.456 e. The van der Waals surface area contributed by atoms with Gasteiger partial charge in [-0.3, -0.25) is 0 Å². The maximum absolute atomic E-state index is 6.45. The quantitative estimate of drug-likeness (QED) is 0.212. The first-order valence-electron chi connectivity index (χ1n) is 14.5. The van der Waals surface area contributed by atoms with Gasteiger partial charge in [-0.2, -0.15) is 0 Å². The van der Waals surface area contributed by atoms with Crippen molar-refractivity contribution in [3.05, 3.63) is 140 Å². The molecule has 0 N–H and O–H groups in total. The van der Waals surface area contributed by atoms with E-state index in [0.29, 0.717) is 17.5 Å². The second-order valence-electron chi connectivity index (χ2n) is 10.8. The Bertz CT molecular complexity index is 2440. The Morgan fingerprint density at radius 1 is 0.341 bits per heavy atom. The molecule has 6 aromatic carbocycles. The standard InChI is InChI=1S/C39H23N3O2/c1-3-11-24(12-4-1)37-40-38(25-13-5-2-6-14-25)42-39(41-37)31-21-27(23-35-36(31)30-16-8-10-18-33(30)44-35)26-19-20-29-28-15-7-9-17-32(28)43-34(29)22-26/h1-23H. The molecule has 0 bridgehead atoms. The van der Waals surface area contributed by atoms with E-state index in [9.17, 15) is 0 Å². The van der Waals surface area contributed by atoms with Crippen molar-refractivity contribution in [2.45, 2.75) is 0 Å². The SMILES string of the molecule is c1ccc(-c2nc(-c3ccccc3)nc(-c3cc(-c4ccc5c(c4)oc4ccccc45)cc4oc5ccccc5c34)n2)cc1. The lowest BCUT2D eigenvalue weighted by molar-refractivity contribution is 0.668. The van der Waals surface area contributed by atoms with E-state index in [1.807, 2.05) is 97.1 Å². The average Bonchev–Trinajstić information content (AvgIpc) is 3.66. The summed E-state index contributed by atoms with van der Waals surface area (Å²) >= 11 is 0. The number of aromatic nitrogens is 3. The lowest BCUT2D eigenvalue weighted by Gasteiger charge is -2.11. The van der Waals surface area contributed by atoms with Gasteiger partial charge < -0.3 is 8.83 Å². The summed E-state index contributed by atoms with van der Waals surface area (Å²) in [5, 5.41) is 4.18. The highest BCUT2D eigenvalue weighted by molar-refractivity contribution is 6.13. The van der Waals surface area contributed by atoms with Gasteiger partial charge in [0, 0.05) is 38.2 Å². The van der Waals surface area contributed by atoms with Gasteiger partial charge in [-0.15, -0.1) is 0 Å². The van der Waals surface area contributed by atoms with Crippen molar-refractivity contribution < 1.29 is 8.83 Å². The van der Waals surface area contributed by atoms with E-state index in [1.165, 1.54) is 0 Å². The number of furan rings is 2. The Morgan fingerprint density at radius 3 is 1.57 bits per heavy atom. The highest BCUT2D eigenvalue weighted by Gasteiger charge is 2.20. The zero-order chi connectivity index (χ0) is 29.0. The molecule has 0 radical (unpaired) electrons. The number of nitrogens with zero attached hydrogens (tertiary/aromatic N) is 3. The van der Waals surface area contributed by atoms with Crippen LogP contribution in [0.2, 0.25) is 0 Å². The van der Waals surface area contributed by atoms with E-state index in [1.54, 1.807) is 0 Å². The van der Waals surface area contributed by atoms with E-state index in [4.69, 9.17) is 23.8 Å². The van der Waals surface area contributed by atoms with Crippen molar-refractivity contribution in [1.82, 2.24) is 15.0 Å². The van der Waals surface area contributed by atoms with Crippen LogP contribution in [0.15, 0.2) is 148 Å². The Balaban J connectivity index is 1.32. The Labute approximate surface area is 252 Å². The second kappa shape index (κ2) is 9.75. The molecule has 3 heterocycles. The monoisotopic (exact) mass is 565 g/mol. The highest BCUT2D eigenvalue weighted by atomic mass is 16.3. The maximum Gasteiger partial charge on any atom is 0.164 e. The van der Waals surface area contributed by atoms with Gasteiger partial charge in [0.2, 0.25) is 0 Å². The molecule has 5 nitrogen and oxygen atoms in total. The molecule has 0 aliphatic rings. The normalized spacial score (nSPS) is 11.6. The van der Waals surface area contributed by atoms with Crippen LogP contribution in [0.25, 0.3) is 89.2 Å². The van der Waals surface area contributed by atoms with Crippen LogP contribution in [0.1, 0.15) is 0 Å². The first-order chi connectivity index (χ1) is 21.8. The van der Waals surface area contributed by atoms with E-state index < -0.39 is 0 Å². The third-order valence-electron chi connectivity index (χ3n) is 8.13. The van der Waals surface area contributed by atoms with Crippen LogP contribution in [-0.4, -0.2) is 15.0 Å². The van der Waals surface area contributed by atoms with Crippen LogP contribution in [0.5, 0.6) is 0 Å². The summed E-state index contributed by atoms with van der Waals surface area (Å²) in [4.78, 5) is 15.0. The fourth-order valence-electron chi connectivity index (χ4n) is 6.03. The third kappa shape index (κ3) is 3.98. The van der Waals surface area contributed by atoms with Gasteiger partial charge in [-0.1, -0.05) is 103 Å². The molecule has 3 aromatic heterocycles. The molecule has 0 aliphatic heterocycles. The van der Waals surface area contributed by atoms with Gasteiger partial charge in [-0.25, -0.2) is 15.0 Å². The van der Waals surface area contributed by atoms with Gasteiger partial charge in [0.25, 0.3) is 0 Å². The topological polar surface area (TPSA) is 65.0 Å². The minimum absolute atomic E-state index is 0.584. The molecule has 0 spiro atoms. The summed E-state index contributed by atoms with van der Waals surface area (Å²) in [6, 6.07) is 46.9. The smallest absolute Gasteiger partial charge is 0.164 e. The first kappa shape index (κ1) is 24.5. The number of para-hydroxylation sites is 2. The molecule has 9 aromatic rings.